The number of nitrogens with zero attached hydrogens (tertiary/aromatic N) is 2. The molecule has 2 aromatic rings. The van der Waals surface area contributed by atoms with Gasteiger partial charge in [-0.2, -0.15) is 0 Å². The SMILES string of the molecule is CCc1ccc(C(NS(=O)(=O)c2cn(C)c(=O)n(C)c2=O)C(C)C)cc1. The van der Waals surface area contributed by atoms with E-state index in [-0.39, 0.29) is 5.92 Å². The lowest BCUT2D eigenvalue weighted by Gasteiger charge is -2.23. The van der Waals surface area contributed by atoms with Crippen molar-refractivity contribution in [2.45, 2.75) is 38.1 Å². The van der Waals surface area contributed by atoms with Gasteiger partial charge in [0.1, 0.15) is 0 Å². The molecule has 0 aliphatic carbocycles. The first kappa shape index (κ1) is 20.1. The minimum absolute atomic E-state index is 0.0337. The zero-order chi connectivity index (χ0) is 19.6. The van der Waals surface area contributed by atoms with E-state index in [9.17, 15) is 18.0 Å². The van der Waals surface area contributed by atoms with Crippen LogP contribution in [0.15, 0.2) is 44.9 Å². The number of nitrogens with one attached hydrogen (secondary N) is 1. The Morgan fingerprint density at radius 2 is 1.65 bits per heavy atom. The van der Waals surface area contributed by atoms with Gasteiger partial charge in [-0.1, -0.05) is 45.0 Å². The normalized spacial score (nSPS) is 13.2. The molecular weight excluding hydrogens is 354 g/mol. The zero-order valence-electron chi connectivity index (χ0n) is 15.7. The fourth-order valence-corrected chi connectivity index (χ4v) is 4.27. The molecule has 26 heavy (non-hydrogen) atoms. The van der Waals surface area contributed by atoms with Crippen LogP contribution in [0.1, 0.15) is 37.9 Å². The van der Waals surface area contributed by atoms with Crippen molar-refractivity contribution in [2.75, 3.05) is 0 Å². The Morgan fingerprint density at radius 3 is 2.15 bits per heavy atom. The monoisotopic (exact) mass is 379 g/mol. The zero-order valence-corrected chi connectivity index (χ0v) is 16.5. The Hall–Kier alpha value is -2.19. The van der Waals surface area contributed by atoms with Gasteiger partial charge in [-0.3, -0.25) is 9.36 Å². The number of hydrogen-bond acceptors (Lipinski definition) is 4. The molecule has 1 N–H and O–H groups in total. The molecule has 2 rings (SSSR count). The summed E-state index contributed by atoms with van der Waals surface area (Å²) >= 11 is 0. The lowest BCUT2D eigenvalue weighted by molar-refractivity contribution is 0.461. The standard InChI is InChI=1S/C18H25N3O4S/c1-6-13-7-9-14(10-8-13)16(12(2)3)19-26(24,25)15-11-20(4)18(23)21(5)17(15)22/h7-12,16,19H,6H2,1-5H3. The van der Waals surface area contributed by atoms with Gasteiger partial charge >= 0.3 is 5.69 Å². The molecule has 0 bridgehead atoms. The van der Waals surface area contributed by atoms with E-state index in [0.717, 1.165) is 32.9 Å². The summed E-state index contributed by atoms with van der Waals surface area (Å²) in [6, 6.07) is 7.22. The molecule has 1 atom stereocenters. The molecule has 0 fully saturated rings. The van der Waals surface area contributed by atoms with Crippen LogP contribution in [0, 0.1) is 5.92 Å². The van der Waals surface area contributed by atoms with Crippen LogP contribution >= 0.6 is 0 Å². The van der Waals surface area contributed by atoms with E-state index in [4.69, 9.17) is 0 Å². The first-order valence-electron chi connectivity index (χ1n) is 8.46. The van der Waals surface area contributed by atoms with E-state index in [1.807, 2.05) is 45.0 Å². The minimum Gasteiger partial charge on any atom is -0.302 e. The average molecular weight is 379 g/mol. The Balaban J connectivity index is 2.48. The van der Waals surface area contributed by atoms with Gasteiger partial charge in [0, 0.05) is 26.3 Å². The maximum atomic E-state index is 12.8. The highest BCUT2D eigenvalue weighted by atomic mass is 32.2. The van der Waals surface area contributed by atoms with Gasteiger partial charge in [-0.25, -0.2) is 17.9 Å². The summed E-state index contributed by atoms with van der Waals surface area (Å²) in [5, 5.41) is 0. The highest BCUT2D eigenvalue weighted by Crippen LogP contribution is 2.24. The molecule has 0 spiro atoms. The molecule has 8 heteroatoms. The van der Waals surface area contributed by atoms with Gasteiger partial charge in [0.2, 0.25) is 10.0 Å². The van der Waals surface area contributed by atoms with Crippen molar-refractivity contribution < 1.29 is 8.42 Å². The number of sulfonamides is 1. The van der Waals surface area contributed by atoms with E-state index in [1.54, 1.807) is 0 Å². The Morgan fingerprint density at radius 1 is 1.08 bits per heavy atom. The second kappa shape index (κ2) is 7.59. The van der Waals surface area contributed by atoms with Crippen LogP contribution in [-0.2, 0) is 30.5 Å². The number of aromatic nitrogens is 2. The van der Waals surface area contributed by atoms with E-state index in [1.165, 1.54) is 14.1 Å². The number of aryl methyl sites for hydroxylation is 2. The fourth-order valence-electron chi connectivity index (χ4n) is 2.74. The maximum Gasteiger partial charge on any atom is 0.330 e. The first-order chi connectivity index (χ1) is 12.1. The molecule has 142 valence electrons. The largest absolute Gasteiger partial charge is 0.330 e. The summed E-state index contributed by atoms with van der Waals surface area (Å²) in [7, 11) is -1.44. The van der Waals surface area contributed by atoms with Crippen molar-refractivity contribution in [3.05, 3.63) is 62.4 Å². The summed E-state index contributed by atoms with van der Waals surface area (Å²) < 4.78 is 30.2. The van der Waals surface area contributed by atoms with E-state index < -0.39 is 32.2 Å². The van der Waals surface area contributed by atoms with Crippen molar-refractivity contribution >= 4 is 10.0 Å². The van der Waals surface area contributed by atoms with E-state index >= 15 is 0 Å². The second-order valence-corrected chi connectivity index (χ2v) is 8.37. The fraction of sp³-hybridized carbons (Fsp3) is 0.444. The van der Waals surface area contributed by atoms with Gasteiger partial charge < -0.3 is 4.57 Å². The summed E-state index contributed by atoms with van der Waals surface area (Å²) in [5.41, 5.74) is 0.558. The third-order valence-corrected chi connectivity index (χ3v) is 5.82. The summed E-state index contributed by atoms with van der Waals surface area (Å²) in [5.74, 6) is -0.0337. The summed E-state index contributed by atoms with van der Waals surface area (Å²) in [6.07, 6.45) is 1.96. The molecule has 1 unspecified atom stereocenters. The van der Waals surface area contributed by atoms with Gasteiger partial charge in [0.05, 0.1) is 0 Å². The predicted molar refractivity (Wildman–Crippen MR) is 101 cm³/mol. The molecule has 0 saturated carbocycles. The molecule has 0 saturated heterocycles. The molecular formula is C18H25N3O4S. The van der Waals surface area contributed by atoms with Crippen molar-refractivity contribution in [3.63, 3.8) is 0 Å². The molecule has 0 aliphatic rings. The molecule has 0 amide bonds. The van der Waals surface area contributed by atoms with Crippen LogP contribution in [0.25, 0.3) is 0 Å². The van der Waals surface area contributed by atoms with Gasteiger partial charge in [0.25, 0.3) is 5.56 Å². The Kier molecular flexibility index (Phi) is 5.87. The van der Waals surface area contributed by atoms with Gasteiger partial charge in [-0.05, 0) is 23.5 Å². The van der Waals surface area contributed by atoms with Gasteiger partial charge in [-0.15, -0.1) is 0 Å². The van der Waals surface area contributed by atoms with Gasteiger partial charge in [0.15, 0.2) is 4.90 Å². The van der Waals surface area contributed by atoms with Crippen LogP contribution in [0.4, 0.5) is 0 Å². The number of rotatable bonds is 6. The summed E-state index contributed by atoms with van der Waals surface area (Å²) in [4.78, 5) is 23.6. The highest BCUT2D eigenvalue weighted by Gasteiger charge is 2.27. The van der Waals surface area contributed by atoms with Crippen molar-refractivity contribution in [1.29, 1.82) is 0 Å². The smallest absolute Gasteiger partial charge is 0.302 e. The first-order valence-corrected chi connectivity index (χ1v) is 9.94. The third-order valence-electron chi connectivity index (χ3n) is 4.40. The number of benzene rings is 1. The predicted octanol–water partition coefficient (Wildman–Crippen LogP) is 1.32. The Bertz CT molecular complexity index is 1000. The highest BCUT2D eigenvalue weighted by molar-refractivity contribution is 7.89. The minimum atomic E-state index is -4.10. The third kappa shape index (κ3) is 3.96. The Labute approximate surface area is 153 Å². The topological polar surface area (TPSA) is 90.2 Å². The maximum absolute atomic E-state index is 12.8. The van der Waals surface area contributed by atoms with Crippen LogP contribution in [0.5, 0.6) is 0 Å². The molecule has 1 aromatic carbocycles. The summed E-state index contributed by atoms with van der Waals surface area (Å²) in [6.45, 7) is 5.85. The van der Waals surface area contributed by atoms with E-state index in [0.29, 0.717) is 0 Å². The van der Waals surface area contributed by atoms with Crippen LogP contribution in [0.2, 0.25) is 0 Å². The molecule has 7 nitrogen and oxygen atoms in total. The lowest BCUT2D eigenvalue weighted by atomic mass is 9.96. The molecule has 0 radical (unpaired) electrons. The van der Waals surface area contributed by atoms with Crippen molar-refractivity contribution in [3.8, 4) is 0 Å². The van der Waals surface area contributed by atoms with E-state index in [2.05, 4.69) is 4.72 Å². The quantitative estimate of drug-likeness (QED) is 0.820. The lowest BCUT2D eigenvalue weighted by Crippen LogP contribution is -2.42. The number of hydrogen-bond donors (Lipinski definition) is 1. The molecule has 1 aromatic heterocycles. The van der Waals surface area contributed by atoms with Crippen LogP contribution in [-0.4, -0.2) is 17.6 Å². The molecule has 0 aliphatic heterocycles. The van der Waals surface area contributed by atoms with Crippen LogP contribution in [0.3, 0.4) is 0 Å². The molecule has 1 heterocycles. The second-order valence-electron chi connectivity index (χ2n) is 6.69. The van der Waals surface area contributed by atoms with Crippen molar-refractivity contribution in [2.24, 2.45) is 20.0 Å². The van der Waals surface area contributed by atoms with Crippen molar-refractivity contribution in [1.82, 2.24) is 13.9 Å². The average Bonchev–Trinajstić information content (AvgIpc) is 2.60. The van der Waals surface area contributed by atoms with Crippen LogP contribution < -0.4 is 16.0 Å².